The van der Waals surface area contributed by atoms with Gasteiger partial charge in [0.2, 0.25) is 0 Å². The molecule has 1 N–H and O–H groups in total. The number of hydrogen-bond donors (Lipinski definition) is 1. The molecule has 0 saturated heterocycles. The maximum Gasteiger partial charge on any atom is 0.188 e. The molecule has 1 aliphatic heterocycles. The highest BCUT2D eigenvalue weighted by molar-refractivity contribution is 7.91. The minimum atomic E-state index is -1.09. The lowest BCUT2D eigenvalue weighted by molar-refractivity contribution is -0.138. The van der Waals surface area contributed by atoms with Crippen LogP contribution in [0, 0.1) is 0 Å². The molecule has 5 heteroatoms. The molecular formula is C9H9ClO3S. The summed E-state index contributed by atoms with van der Waals surface area (Å²) in [4.78, 5) is 5.57. The molecule has 0 radical (unpaired) electrons. The van der Waals surface area contributed by atoms with Crippen LogP contribution >= 0.6 is 11.6 Å². The van der Waals surface area contributed by atoms with Crippen LogP contribution in [0.25, 0.3) is 0 Å². The largest absolute Gasteiger partial charge is 0.338 e. The maximum absolute atomic E-state index is 11.3. The van der Waals surface area contributed by atoms with Crippen LogP contribution in [0.3, 0.4) is 0 Å². The second kappa shape index (κ2) is 3.22. The van der Waals surface area contributed by atoms with Crippen LogP contribution in [0.4, 0.5) is 0 Å². The summed E-state index contributed by atoms with van der Waals surface area (Å²) in [5, 5.41) is 8.97. The molecule has 0 aliphatic carbocycles. The van der Waals surface area contributed by atoms with E-state index in [1.54, 1.807) is 6.07 Å². The fourth-order valence-electron chi connectivity index (χ4n) is 1.41. The Morgan fingerprint density at radius 3 is 2.71 bits per heavy atom. The Kier molecular flexibility index (Phi) is 2.29. The second-order valence-corrected chi connectivity index (χ2v) is 5.21. The second-order valence-electron chi connectivity index (χ2n) is 3.45. The first-order chi connectivity index (χ1) is 6.57. The molecule has 1 atom stereocenters. The molecule has 1 aliphatic rings. The zero-order valence-electron chi connectivity index (χ0n) is 7.70. The van der Waals surface area contributed by atoms with E-state index in [1.165, 1.54) is 0 Å². The fourth-order valence-corrected chi connectivity index (χ4v) is 2.97. The highest BCUT2D eigenvalue weighted by Gasteiger charge is 2.36. The molecule has 0 fully saturated rings. The zero-order valence-corrected chi connectivity index (χ0v) is 9.28. The average molecular weight is 233 g/mol. The summed E-state index contributed by atoms with van der Waals surface area (Å²) < 4.78 is 11.3. The third-order valence-electron chi connectivity index (χ3n) is 2.23. The lowest BCUT2D eigenvalue weighted by Gasteiger charge is -2.09. The summed E-state index contributed by atoms with van der Waals surface area (Å²) >= 11 is 5.91. The Morgan fingerprint density at radius 2 is 2.21 bits per heavy atom. The van der Waals surface area contributed by atoms with Crippen molar-refractivity contribution >= 4 is 22.4 Å². The van der Waals surface area contributed by atoms with Gasteiger partial charge in [-0.3, -0.25) is 0 Å². The molecule has 76 valence electrons. The summed E-state index contributed by atoms with van der Waals surface area (Å²) in [7, 11) is -1.09. The van der Waals surface area contributed by atoms with E-state index in [4.69, 9.17) is 16.9 Å². The summed E-state index contributed by atoms with van der Waals surface area (Å²) in [6, 6.07) is 1.77. The SMILES string of the molecule is CC(C)c1cc2c(c(Cl)c1OO)S2=O. The molecule has 0 saturated carbocycles. The Bertz CT molecular complexity index is 429. The van der Waals surface area contributed by atoms with Crippen molar-refractivity contribution in [3.8, 4) is 5.75 Å². The lowest BCUT2D eigenvalue weighted by Crippen LogP contribution is -1.94. The van der Waals surface area contributed by atoms with Gasteiger partial charge in [-0.25, -0.2) is 9.47 Å². The topological polar surface area (TPSA) is 46.5 Å². The Balaban J connectivity index is 2.64. The van der Waals surface area contributed by atoms with Crippen LogP contribution in [-0.4, -0.2) is 9.47 Å². The van der Waals surface area contributed by atoms with Crippen molar-refractivity contribution in [1.82, 2.24) is 0 Å². The summed E-state index contributed by atoms with van der Waals surface area (Å²) in [5.74, 6) is 0.392. The quantitative estimate of drug-likeness (QED) is 0.492. The van der Waals surface area contributed by atoms with Gasteiger partial charge in [0.1, 0.15) is 5.02 Å². The highest BCUT2D eigenvalue weighted by Crippen LogP contribution is 2.49. The van der Waals surface area contributed by atoms with E-state index in [0.29, 0.717) is 4.90 Å². The number of hydrogen-bond acceptors (Lipinski definition) is 3. The fraction of sp³-hybridized carbons (Fsp3) is 0.333. The van der Waals surface area contributed by atoms with Crippen LogP contribution in [0.5, 0.6) is 5.75 Å². The highest BCUT2D eigenvalue weighted by atomic mass is 35.5. The monoisotopic (exact) mass is 232 g/mol. The van der Waals surface area contributed by atoms with Crippen LogP contribution in [0.15, 0.2) is 15.9 Å². The van der Waals surface area contributed by atoms with Gasteiger partial charge in [-0.2, -0.15) is 0 Å². The molecule has 0 amide bonds. The lowest BCUT2D eigenvalue weighted by atomic mass is 10.0. The first kappa shape index (κ1) is 9.96. The molecule has 2 rings (SSSR count). The van der Waals surface area contributed by atoms with E-state index in [-0.39, 0.29) is 16.7 Å². The van der Waals surface area contributed by atoms with Crippen LogP contribution in [0.1, 0.15) is 25.3 Å². The van der Waals surface area contributed by atoms with E-state index < -0.39 is 10.8 Å². The number of benzene rings is 1. The van der Waals surface area contributed by atoms with Crippen molar-refractivity contribution in [1.29, 1.82) is 0 Å². The first-order valence-corrected chi connectivity index (χ1v) is 5.70. The summed E-state index contributed by atoms with van der Waals surface area (Å²) in [6.45, 7) is 3.90. The van der Waals surface area contributed by atoms with Crippen LogP contribution < -0.4 is 4.89 Å². The van der Waals surface area contributed by atoms with Crippen molar-refractivity contribution in [3.63, 3.8) is 0 Å². The van der Waals surface area contributed by atoms with Gasteiger partial charge in [0, 0.05) is 5.56 Å². The van der Waals surface area contributed by atoms with Gasteiger partial charge in [0.05, 0.1) is 20.6 Å². The first-order valence-electron chi connectivity index (χ1n) is 4.17. The maximum atomic E-state index is 11.3. The third kappa shape index (κ3) is 1.26. The minimum Gasteiger partial charge on any atom is -0.338 e. The molecule has 0 aromatic heterocycles. The molecule has 14 heavy (non-hydrogen) atoms. The van der Waals surface area contributed by atoms with Crippen LogP contribution in [0.2, 0.25) is 5.02 Å². The predicted molar refractivity (Wildman–Crippen MR) is 53.5 cm³/mol. The molecule has 0 bridgehead atoms. The van der Waals surface area contributed by atoms with Crippen molar-refractivity contribution < 1.29 is 14.4 Å². The number of rotatable bonds is 2. The minimum absolute atomic E-state index is 0.164. The van der Waals surface area contributed by atoms with Gasteiger partial charge in [-0.1, -0.05) is 25.4 Å². The van der Waals surface area contributed by atoms with E-state index in [9.17, 15) is 4.21 Å². The summed E-state index contributed by atoms with van der Waals surface area (Å²) in [6.07, 6.45) is 0. The van der Waals surface area contributed by atoms with Gasteiger partial charge in [0.25, 0.3) is 0 Å². The van der Waals surface area contributed by atoms with Crippen molar-refractivity contribution in [2.45, 2.75) is 29.6 Å². The summed E-state index contributed by atoms with van der Waals surface area (Å²) in [5.41, 5.74) is 0.780. The van der Waals surface area contributed by atoms with E-state index in [2.05, 4.69) is 4.89 Å². The Labute approximate surface area is 89.0 Å². The number of fused-ring (bicyclic) bond motifs is 1. The Hall–Kier alpha value is -0.580. The van der Waals surface area contributed by atoms with Crippen molar-refractivity contribution in [2.24, 2.45) is 0 Å². The van der Waals surface area contributed by atoms with Gasteiger partial charge in [-0.05, 0) is 12.0 Å². The van der Waals surface area contributed by atoms with E-state index >= 15 is 0 Å². The molecule has 1 unspecified atom stereocenters. The molecule has 3 nitrogen and oxygen atoms in total. The average Bonchev–Trinajstić information content (AvgIpc) is 2.77. The van der Waals surface area contributed by atoms with E-state index in [0.717, 1.165) is 10.5 Å². The van der Waals surface area contributed by atoms with Gasteiger partial charge in [-0.15, -0.1) is 0 Å². The Morgan fingerprint density at radius 1 is 1.57 bits per heavy atom. The number of halogens is 1. The normalized spacial score (nSPS) is 18.2. The zero-order chi connectivity index (χ0) is 10.5. The van der Waals surface area contributed by atoms with E-state index in [1.807, 2.05) is 13.8 Å². The third-order valence-corrected chi connectivity index (χ3v) is 4.01. The molecular weight excluding hydrogens is 224 g/mol. The van der Waals surface area contributed by atoms with Crippen LogP contribution in [-0.2, 0) is 10.8 Å². The van der Waals surface area contributed by atoms with Gasteiger partial charge < -0.3 is 4.89 Å². The predicted octanol–water partition coefficient (Wildman–Crippen LogP) is 2.80. The van der Waals surface area contributed by atoms with Crippen molar-refractivity contribution in [2.75, 3.05) is 0 Å². The smallest absolute Gasteiger partial charge is 0.188 e. The van der Waals surface area contributed by atoms with Gasteiger partial charge in [0.15, 0.2) is 5.75 Å². The molecule has 1 aromatic carbocycles. The molecule has 0 spiro atoms. The van der Waals surface area contributed by atoms with Gasteiger partial charge >= 0.3 is 0 Å². The molecule has 1 heterocycles. The molecule has 1 aromatic rings. The van der Waals surface area contributed by atoms with Crippen molar-refractivity contribution in [3.05, 3.63) is 16.7 Å². The standard InChI is InChI=1S/C9H9ClO3S/c1-4(2)5-3-6-9(14(6)12)7(10)8(5)13-11/h3-4,11H,1-2H3.